The molecule has 5 N–H and O–H groups in total. The molecule has 26 heavy (non-hydrogen) atoms. The molecule has 0 aromatic carbocycles. The molecular weight excluding hydrogens is 373 g/mol. The summed E-state index contributed by atoms with van der Waals surface area (Å²) >= 11 is 0. The summed E-state index contributed by atoms with van der Waals surface area (Å²) in [6.45, 7) is -0.636. The maximum absolute atomic E-state index is 12.1. The number of hydrogen-bond donors (Lipinski definition) is 5. The Morgan fingerprint density at radius 2 is 2.08 bits per heavy atom. The topological polar surface area (TPSA) is 183 Å². The summed E-state index contributed by atoms with van der Waals surface area (Å²) in [6.07, 6.45) is -4.08. The lowest BCUT2D eigenvalue weighted by atomic mass is 10.1. The van der Waals surface area contributed by atoms with E-state index >= 15 is 0 Å². The Bertz CT molecular complexity index is 907. The molecule has 13 nitrogen and oxygen atoms in total. The van der Waals surface area contributed by atoms with Gasteiger partial charge in [0.25, 0.3) is 5.56 Å². The lowest BCUT2D eigenvalue weighted by molar-refractivity contribution is -0.0503. The summed E-state index contributed by atoms with van der Waals surface area (Å²) in [5, 5.41) is 20.3. The molecule has 0 amide bonds. The largest absolute Gasteiger partial charge is 0.469 e. The Morgan fingerprint density at radius 3 is 2.69 bits per heavy atom. The number of rotatable bonds is 5. The smallest absolute Gasteiger partial charge is 0.387 e. The number of phosphoric ester groups is 1. The molecule has 2 unspecified atom stereocenters. The molecule has 0 spiro atoms. The molecular formula is C12H18N5O8P. The third-order valence-corrected chi connectivity index (χ3v) is 4.35. The molecule has 0 bridgehead atoms. The van der Waals surface area contributed by atoms with Gasteiger partial charge in [-0.25, -0.2) is 9.55 Å². The van der Waals surface area contributed by atoms with Crippen molar-refractivity contribution in [1.82, 2.24) is 19.5 Å². The number of imidazole rings is 1. The van der Waals surface area contributed by atoms with Crippen molar-refractivity contribution < 1.29 is 33.8 Å². The van der Waals surface area contributed by atoms with Gasteiger partial charge in [-0.3, -0.25) is 18.9 Å². The molecule has 0 saturated carbocycles. The Morgan fingerprint density at radius 1 is 1.38 bits per heavy atom. The normalized spacial score (nSPS) is 26.5. The minimum absolute atomic E-state index is 0.0100. The molecule has 2 aromatic heterocycles. The Kier molecular flexibility index (Phi) is 4.88. The molecule has 144 valence electrons. The molecule has 0 aliphatic carbocycles. The van der Waals surface area contributed by atoms with Gasteiger partial charge in [0, 0.05) is 14.1 Å². The van der Waals surface area contributed by atoms with Crippen LogP contribution in [-0.4, -0.2) is 78.5 Å². The first-order chi connectivity index (χ1) is 12.1. The van der Waals surface area contributed by atoms with Gasteiger partial charge in [-0.05, 0) is 0 Å². The highest BCUT2D eigenvalue weighted by Crippen LogP contribution is 2.38. The zero-order chi connectivity index (χ0) is 19.2. The lowest BCUT2D eigenvalue weighted by Crippen LogP contribution is -2.33. The molecule has 3 rings (SSSR count). The number of nitrogens with zero attached hydrogens (tertiary/aromatic N) is 4. The predicted molar refractivity (Wildman–Crippen MR) is 86.4 cm³/mol. The van der Waals surface area contributed by atoms with Crippen LogP contribution in [0.5, 0.6) is 0 Å². The third-order valence-electron chi connectivity index (χ3n) is 3.86. The van der Waals surface area contributed by atoms with Crippen molar-refractivity contribution >= 4 is 24.9 Å². The van der Waals surface area contributed by atoms with Crippen LogP contribution in [0.15, 0.2) is 11.1 Å². The van der Waals surface area contributed by atoms with E-state index < -0.39 is 44.5 Å². The van der Waals surface area contributed by atoms with E-state index in [2.05, 4.69) is 19.5 Å². The third kappa shape index (κ3) is 3.50. The van der Waals surface area contributed by atoms with E-state index in [-0.39, 0.29) is 17.1 Å². The molecule has 4 atom stereocenters. The van der Waals surface area contributed by atoms with Crippen LogP contribution in [0.25, 0.3) is 11.2 Å². The van der Waals surface area contributed by atoms with Crippen molar-refractivity contribution in [1.29, 1.82) is 0 Å². The molecule has 14 heteroatoms. The number of aromatic amines is 1. The summed E-state index contributed by atoms with van der Waals surface area (Å²) in [4.78, 5) is 41.9. The minimum Gasteiger partial charge on any atom is -0.387 e. The minimum atomic E-state index is -4.76. The van der Waals surface area contributed by atoms with Crippen molar-refractivity contribution in [3.8, 4) is 0 Å². The number of fused-ring (bicyclic) bond motifs is 1. The van der Waals surface area contributed by atoms with Gasteiger partial charge in [0.1, 0.15) is 18.3 Å². The van der Waals surface area contributed by atoms with Crippen LogP contribution in [0, 0.1) is 0 Å². The van der Waals surface area contributed by atoms with Crippen LogP contribution >= 0.6 is 7.82 Å². The van der Waals surface area contributed by atoms with Gasteiger partial charge in [0.2, 0.25) is 5.95 Å². The second-order valence-corrected chi connectivity index (χ2v) is 7.18. The average molecular weight is 391 g/mol. The molecule has 2 aromatic rings. The lowest BCUT2D eigenvalue weighted by Gasteiger charge is -2.17. The summed E-state index contributed by atoms with van der Waals surface area (Å²) < 4.78 is 21.9. The van der Waals surface area contributed by atoms with Crippen molar-refractivity contribution in [2.24, 2.45) is 0 Å². The number of H-pyrrole nitrogens is 1. The highest BCUT2D eigenvalue weighted by atomic mass is 31.2. The van der Waals surface area contributed by atoms with Crippen LogP contribution in [0.4, 0.5) is 5.95 Å². The highest BCUT2D eigenvalue weighted by Gasteiger charge is 2.45. The average Bonchev–Trinajstić information content (AvgIpc) is 3.08. The fourth-order valence-electron chi connectivity index (χ4n) is 2.58. The van der Waals surface area contributed by atoms with E-state index in [4.69, 9.17) is 14.5 Å². The van der Waals surface area contributed by atoms with Crippen LogP contribution in [-0.2, 0) is 13.8 Å². The molecule has 3 heterocycles. The second kappa shape index (κ2) is 6.70. The van der Waals surface area contributed by atoms with Gasteiger partial charge in [-0.2, -0.15) is 4.98 Å². The van der Waals surface area contributed by atoms with Gasteiger partial charge in [-0.15, -0.1) is 0 Å². The van der Waals surface area contributed by atoms with Crippen LogP contribution < -0.4 is 10.5 Å². The highest BCUT2D eigenvalue weighted by molar-refractivity contribution is 7.46. The number of aromatic nitrogens is 4. The first-order valence-corrected chi connectivity index (χ1v) is 8.97. The number of ether oxygens (including phenoxy) is 1. The van der Waals surface area contributed by atoms with Crippen molar-refractivity contribution in [3.05, 3.63) is 16.7 Å². The summed E-state index contributed by atoms with van der Waals surface area (Å²) in [5.41, 5.74) is -0.368. The quantitative estimate of drug-likeness (QED) is 0.352. The van der Waals surface area contributed by atoms with E-state index in [9.17, 15) is 19.6 Å². The van der Waals surface area contributed by atoms with Gasteiger partial charge in [-0.1, -0.05) is 0 Å². The first kappa shape index (κ1) is 18.9. The second-order valence-electron chi connectivity index (χ2n) is 5.94. The maximum atomic E-state index is 12.1. The Labute approximate surface area is 146 Å². The zero-order valence-corrected chi connectivity index (χ0v) is 14.6. The van der Waals surface area contributed by atoms with Crippen molar-refractivity contribution in [2.75, 3.05) is 25.6 Å². The molecule has 1 aliphatic heterocycles. The maximum Gasteiger partial charge on any atom is 0.469 e. The van der Waals surface area contributed by atoms with E-state index in [0.29, 0.717) is 0 Å². The standard InChI is InChI=1S/C12H18N5O8P/c1-16(2)12-14-9-6(10(20)15-12)13-4-17(9)11-8(19)7(18)5(25-11)3-24-26(21,22)23/h4-5,7-8,11,18-19H,3H2,1-2H3,(H,14,15,20)(H2,21,22,23)/t5-,7?,8?,11-/m1/s1. The molecule has 1 aliphatic rings. The van der Waals surface area contributed by atoms with Crippen LogP contribution in [0.1, 0.15) is 6.23 Å². The van der Waals surface area contributed by atoms with E-state index in [1.165, 1.54) is 10.9 Å². The number of phosphoric acid groups is 1. The number of aliphatic hydroxyl groups is 2. The molecule has 1 saturated heterocycles. The predicted octanol–water partition coefficient (Wildman–Crippen LogP) is -2.09. The zero-order valence-electron chi connectivity index (χ0n) is 13.8. The molecule has 0 radical (unpaired) electrons. The Hall–Kier alpha value is -1.86. The number of nitrogens with one attached hydrogen (secondary N) is 1. The molecule has 1 fully saturated rings. The van der Waals surface area contributed by atoms with E-state index in [1.54, 1.807) is 19.0 Å². The van der Waals surface area contributed by atoms with Gasteiger partial charge in [0.05, 0.1) is 12.9 Å². The Balaban J connectivity index is 1.93. The van der Waals surface area contributed by atoms with Crippen molar-refractivity contribution in [2.45, 2.75) is 24.5 Å². The van der Waals surface area contributed by atoms with E-state index in [0.717, 1.165) is 0 Å². The van der Waals surface area contributed by atoms with Gasteiger partial charge < -0.3 is 29.6 Å². The van der Waals surface area contributed by atoms with Crippen LogP contribution in [0.2, 0.25) is 0 Å². The summed E-state index contributed by atoms with van der Waals surface area (Å²) in [7, 11) is -1.42. The number of hydrogen-bond acceptors (Lipinski definition) is 9. The van der Waals surface area contributed by atoms with Gasteiger partial charge in [0.15, 0.2) is 17.4 Å². The fourth-order valence-corrected chi connectivity index (χ4v) is 2.92. The number of aliphatic hydroxyl groups excluding tert-OH is 2. The SMILES string of the molecule is CN(C)c1nc2c(ncn2[C@@H]2O[C@H](COP(=O)(O)O)C(O)C2O)c(=O)[nH]1. The van der Waals surface area contributed by atoms with Crippen LogP contribution in [0.3, 0.4) is 0 Å². The van der Waals surface area contributed by atoms with Gasteiger partial charge >= 0.3 is 7.82 Å². The fraction of sp³-hybridized carbons (Fsp3) is 0.583. The number of anilines is 1. The van der Waals surface area contributed by atoms with E-state index in [1.807, 2.05) is 0 Å². The summed E-state index contributed by atoms with van der Waals surface area (Å²) in [6, 6.07) is 0. The first-order valence-electron chi connectivity index (χ1n) is 7.44. The summed E-state index contributed by atoms with van der Waals surface area (Å²) in [5.74, 6) is 0.249. The monoisotopic (exact) mass is 391 g/mol. The van der Waals surface area contributed by atoms with Crippen molar-refractivity contribution in [3.63, 3.8) is 0 Å².